The van der Waals surface area contributed by atoms with Gasteiger partial charge in [-0.15, -0.1) is 5.10 Å². The molecular weight excluding hydrogens is 395 g/mol. The maximum absolute atomic E-state index is 13.0. The van der Waals surface area contributed by atoms with Gasteiger partial charge in [-0.1, -0.05) is 18.3 Å². The predicted octanol–water partition coefficient (Wildman–Crippen LogP) is 3.41. The van der Waals surface area contributed by atoms with Gasteiger partial charge in [0.1, 0.15) is 5.82 Å². The molecule has 0 bridgehead atoms. The fourth-order valence-corrected chi connectivity index (χ4v) is 5.77. The molecular formula is C16H21FN4O2S3. The van der Waals surface area contributed by atoms with Crippen LogP contribution in [-0.4, -0.2) is 47.2 Å². The number of aromatic nitrogens is 2. The normalized spacial score (nSPS) is 19.1. The Morgan fingerprint density at radius 2 is 2.15 bits per heavy atom. The lowest BCUT2D eigenvalue weighted by atomic mass is 10.2. The van der Waals surface area contributed by atoms with E-state index in [2.05, 4.69) is 22.2 Å². The van der Waals surface area contributed by atoms with E-state index >= 15 is 0 Å². The maximum Gasteiger partial charge on any atom is 0.209 e. The van der Waals surface area contributed by atoms with Gasteiger partial charge in [-0.25, -0.2) is 17.5 Å². The Morgan fingerprint density at radius 3 is 2.77 bits per heavy atom. The predicted molar refractivity (Wildman–Crippen MR) is 105 cm³/mol. The minimum atomic E-state index is -2.94. The molecule has 0 saturated carbocycles. The number of nitrogens with one attached hydrogen (secondary N) is 1. The van der Waals surface area contributed by atoms with Crippen molar-refractivity contribution in [3.63, 3.8) is 0 Å². The molecule has 1 aromatic carbocycles. The van der Waals surface area contributed by atoms with Gasteiger partial charge in [0.25, 0.3) is 0 Å². The fourth-order valence-electron chi connectivity index (χ4n) is 2.99. The molecule has 142 valence electrons. The first kappa shape index (κ1) is 19.4. The molecule has 0 amide bonds. The van der Waals surface area contributed by atoms with E-state index in [9.17, 15) is 12.8 Å². The minimum absolute atomic E-state index is 0.0112. The minimum Gasteiger partial charge on any atom is -0.330 e. The van der Waals surface area contributed by atoms with E-state index < -0.39 is 9.84 Å². The summed E-state index contributed by atoms with van der Waals surface area (Å²) in [4.78, 5) is 2.14. The van der Waals surface area contributed by atoms with Gasteiger partial charge >= 0.3 is 0 Å². The van der Waals surface area contributed by atoms with E-state index in [1.54, 1.807) is 16.8 Å². The standard InChI is InChI=1S/C16H21FN4O2S3/c1-2-8-20(14-7-9-26(22,23)10-14)11-21-16(24)25-15(19-21)18-13-5-3-12(17)4-6-13/h3-6,14H,2,7-11H2,1H3,(H,18,19). The summed E-state index contributed by atoms with van der Waals surface area (Å²) in [6.07, 6.45) is 1.58. The fraction of sp³-hybridized carbons (Fsp3) is 0.500. The van der Waals surface area contributed by atoms with Crippen LogP contribution in [0.1, 0.15) is 19.8 Å². The molecule has 26 heavy (non-hydrogen) atoms. The van der Waals surface area contributed by atoms with Crippen LogP contribution in [0.15, 0.2) is 24.3 Å². The third-order valence-electron chi connectivity index (χ3n) is 4.25. The van der Waals surface area contributed by atoms with Crippen LogP contribution in [0.5, 0.6) is 0 Å². The molecule has 1 N–H and O–H groups in total. The second-order valence-corrected chi connectivity index (χ2v) is 10.2. The Kier molecular flexibility index (Phi) is 6.06. The number of sulfone groups is 1. The summed E-state index contributed by atoms with van der Waals surface area (Å²) in [5.41, 5.74) is 0.731. The van der Waals surface area contributed by atoms with Crippen LogP contribution >= 0.6 is 23.6 Å². The number of anilines is 2. The Balaban J connectivity index is 1.72. The van der Waals surface area contributed by atoms with Gasteiger partial charge in [0, 0.05) is 11.7 Å². The van der Waals surface area contributed by atoms with E-state index in [0.29, 0.717) is 22.2 Å². The molecule has 1 unspecified atom stereocenters. The van der Waals surface area contributed by atoms with Crippen LogP contribution in [0, 0.1) is 9.77 Å². The number of nitrogens with zero attached hydrogens (tertiary/aromatic N) is 3. The zero-order valence-electron chi connectivity index (χ0n) is 14.4. The zero-order valence-corrected chi connectivity index (χ0v) is 16.8. The Hall–Kier alpha value is -1.36. The molecule has 10 heteroatoms. The van der Waals surface area contributed by atoms with Gasteiger partial charge in [0.05, 0.1) is 18.2 Å². The van der Waals surface area contributed by atoms with Crippen LogP contribution in [-0.2, 0) is 16.5 Å². The first-order valence-corrected chi connectivity index (χ1v) is 11.5. The topological polar surface area (TPSA) is 67.2 Å². The molecule has 0 aliphatic carbocycles. The number of benzene rings is 1. The number of rotatable bonds is 7. The van der Waals surface area contributed by atoms with Crippen molar-refractivity contribution < 1.29 is 12.8 Å². The van der Waals surface area contributed by atoms with E-state index in [-0.39, 0.29) is 23.4 Å². The van der Waals surface area contributed by atoms with Crippen LogP contribution in [0.25, 0.3) is 0 Å². The summed E-state index contributed by atoms with van der Waals surface area (Å²) in [6.45, 7) is 3.33. The second-order valence-electron chi connectivity index (χ2n) is 6.32. The van der Waals surface area contributed by atoms with Crippen molar-refractivity contribution in [2.75, 3.05) is 23.4 Å². The van der Waals surface area contributed by atoms with Crippen LogP contribution < -0.4 is 5.32 Å². The Morgan fingerprint density at radius 1 is 1.42 bits per heavy atom. The molecule has 6 nitrogen and oxygen atoms in total. The lowest BCUT2D eigenvalue weighted by molar-refractivity contribution is 0.156. The largest absolute Gasteiger partial charge is 0.330 e. The highest BCUT2D eigenvalue weighted by molar-refractivity contribution is 7.91. The summed E-state index contributed by atoms with van der Waals surface area (Å²) < 4.78 is 38.9. The first-order chi connectivity index (χ1) is 12.4. The van der Waals surface area contributed by atoms with Crippen LogP contribution in [0.3, 0.4) is 0 Å². The third kappa shape index (κ3) is 4.87. The SMILES string of the molecule is CCCN(Cn1nc(Nc2ccc(F)cc2)sc1=S)C1CCS(=O)(=O)C1. The lowest BCUT2D eigenvalue weighted by Crippen LogP contribution is -2.38. The first-order valence-electron chi connectivity index (χ1n) is 8.41. The highest BCUT2D eigenvalue weighted by Crippen LogP contribution is 2.23. The van der Waals surface area contributed by atoms with Crippen LogP contribution in [0.4, 0.5) is 15.2 Å². The van der Waals surface area contributed by atoms with Crippen molar-refractivity contribution in [2.45, 2.75) is 32.5 Å². The number of hydrogen-bond acceptors (Lipinski definition) is 7. The van der Waals surface area contributed by atoms with Crippen molar-refractivity contribution >= 4 is 44.2 Å². The van der Waals surface area contributed by atoms with Gasteiger partial charge in [-0.2, -0.15) is 0 Å². The summed E-state index contributed by atoms with van der Waals surface area (Å²) in [7, 11) is -2.94. The van der Waals surface area contributed by atoms with Gasteiger partial charge in [0.15, 0.2) is 13.8 Å². The number of hydrogen-bond donors (Lipinski definition) is 1. The maximum atomic E-state index is 13.0. The molecule has 1 fully saturated rings. The van der Waals surface area contributed by atoms with Gasteiger partial charge < -0.3 is 5.32 Å². The van der Waals surface area contributed by atoms with Gasteiger partial charge in [0.2, 0.25) is 5.13 Å². The van der Waals surface area contributed by atoms with Crippen molar-refractivity contribution in [3.8, 4) is 0 Å². The molecule has 1 saturated heterocycles. The quantitative estimate of drug-likeness (QED) is 0.698. The van der Waals surface area contributed by atoms with E-state index in [4.69, 9.17) is 12.2 Å². The molecule has 2 aromatic rings. The molecule has 1 aliphatic heterocycles. The summed E-state index contributed by atoms with van der Waals surface area (Å²) >= 11 is 6.74. The zero-order chi connectivity index (χ0) is 18.7. The van der Waals surface area contributed by atoms with E-state index in [0.717, 1.165) is 18.7 Å². The average molecular weight is 417 g/mol. The highest BCUT2D eigenvalue weighted by atomic mass is 32.2. The molecule has 3 rings (SSSR count). The molecule has 1 aliphatic rings. The third-order valence-corrected chi connectivity index (χ3v) is 7.23. The smallest absolute Gasteiger partial charge is 0.209 e. The highest BCUT2D eigenvalue weighted by Gasteiger charge is 2.32. The molecule has 0 spiro atoms. The average Bonchev–Trinajstić information content (AvgIpc) is 3.11. The van der Waals surface area contributed by atoms with Crippen molar-refractivity contribution in [3.05, 3.63) is 34.0 Å². The molecule has 1 atom stereocenters. The molecule has 2 heterocycles. The van der Waals surface area contributed by atoms with E-state index in [1.165, 1.54) is 23.5 Å². The van der Waals surface area contributed by atoms with Crippen LogP contribution in [0.2, 0.25) is 0 Å². The summed E-state index contributed by atoms with van der Waals surface area (Å²) in [6, 6.07) is 6.04. The summed E-state index contributed by atoms with van der Waals surface area (Å²) in [5.74, 6) is 0.151. The van der Waals surface area contributed by atoms with Crippen molar-refractivity contribution in [1.82, 2.24) is 14.7 Å². The lowest BCUT2D eigenvalue weighted by Gasteiger charge is -2.27. The summed E-state index contributed by atoms with van der Waals surface area (Å²) in [5, 5.41) is 8.23. The monoisotopic (exact) mass is 416 g/mol. The molecule has 1 aromatic heterocycles. The Bertz CT molecular complexity index is 908. The van der Waals surface area contributed by atoms with Crippen molar-refractivity contribution in [1.29, 1.82) is 0 Å². The second kappa shape index (κ2) is 8.12. The van der Waals surface area contributed by atoms with E-state index in [1.807, 2.05) is 0 Å². The Labute approximate surface area is 161 Å². The number of halogens is 1. The van der Waals surface area contributed by atoms with Gasteiger partial charge in [-0.3, -0.25) is 4.90 Å². The van der Waals surface area contributed by atoms with Gasteiger partial charge in [-0.05, 0) is 55.9 Å². The molecule has 0 radical (unpaired) electrons. The van der Waals surface area contributed by atoms with Crippen molar-refractivity contribution in [2.24, 2.45) is 0 Å².